The van der Waals surface area contributed by atoms with Crippen LogP contribution in [-0.2, 0) is 0 Å². The molecule has 6 heteroatoms. The third kappa shape index (κ3) is 2.18. The van der Waals surface area contributed by atoms with Crippen LogP contribution in [0.1, 0.15) is 5.56 Å². The highest BCUT2D eigenvalue weighted by Gasteiger charge is 2.16. The van der Waals surface area contributed by atoms with E-state index in [-0.39, 0.29) is 5.56 Å². The van der Waals surface area contributed by atoms with Gasteiger partial charge in [0.2, 0.25) is 0 Å². The lowest BCUT2D eigenvalue weighted by Crippen LogP contribution is -2.20. The minimum atomic E-state index is -0.107. The summed E-state index contributed by atoms with van der Waals surface area (Å²) in [7, 11) is 3.97. The first-order chi connectivity index (χ1) is 11.6. The van der Waals surface area contributed by atoms with Crippen molar-refractivity contribution in [3.63, 3.8) is 0 Å². The van der Waals surface area contributed by atoms with Crippen LogP contribution in [0.2, 0.25) is 0 Å². The molecule has 0 amide bonds. The van der Waals surface area contributed by atoms with Crippen molar-refractivity contribution in [2.75, 3.05) is 19.0 Å². The summed E-state index contributed by atoms with van der Waals surface area (Å²) in [5, 5.41) is 6.24. The highest BCUT2D eigenvalue weighted by atomic mass is 32.1. The Kier molecular flexibility index (Phi) is 3.35. The summed E-state index contributed by atoms with van der Waals surface area (Å²) in [6.07, 6.45) is 3.54. The second-order valence-electron chi connectivity index (χ2n) is 5.95. The average Bonchev–Trinajstić information content (AvgIpc) is 2.96. The minimum Gasteiger partial charge on any atom is -0.377 e. The first kappa shape index (κ1) is 14.8. The van der Waals surface area contributed by atoms with Gasteiger partial charge in [0.1, 0.15) is 9.53 Å². The van der Waals surface area contributed by atoms with Gasteiger partial charge < -0.3 is 4.90 Å². The van der Waals surface area contributed by atoms with Crippen LogP contribution in [0.3, 0.4) is 0 Å². The molecular weight excluding hydrogens is 320 g/mol. The third-order valence-electron chi connectivity index (χ3n) is 4.06. The standard InChI is InChI=1S/C18H16N4OS/c1-11-4-6-12(7-5-11)22-18(23)16-13(10-20-22)15-14(21(2)3)8-9-19-17(15)24-16/h4-10H,1-3H3. The van der Waals surface area contributed by atoms with Gasteiger partial charge >= 0.3 is 0 Å². The van der Waals surface area contributed by atoms with Crippen molar-refractivity contribution in [1.29, 1.82) is 0 Å². The monoisotopic (exact) mass is 336 g/mol. The first-order valence-electron chi connectivity index (χ1n) is 7.60. The predicted molar refractivity (Wildman–Crippen MR) is 99.6 cm³/mol. The zero-order valence-electron chi connectivity index (χ0n) is 13.6. The number of aryl methyl sites for hydroxylation is 1. The molecule has 5 nitrogen and oxygen atoms in total. The van der Waals surface area contributed by atoms with Crippen molar-refractivity contribution >= 4 is 37.3 Å². The van der Waals surface area contributed by atoms with E-state index in [1.54, 1.807) is 12.4 Å². The number of hydrogen-bond acceptors (Lipinski definition) is 5. The maximum atomic E-state index is 12.9. The van der Waals surface area contributed by atoms with Crippen LogP contribution in [0.4, 0.5) is 5.69 Å². The Labute approximate surface area is 142 Å². The molecule has 0 aliphatic heterocycles. The molecule has 0 bridgehead atoms. The number of thiophene rings is 1. The molecule has 0 saturated heterocycles. The van der Waals surface area contributed by atoms with Crippen LogP contribution in [0.15, 0.2) is 47.5 Å². The Morgan fingerprint density at radius 1 is 1.12 bits per heavy atom. The largest absolute Gasteiger partial charge is 0.377 e. The van der Waals surface area contributed by atoms with E-state index < -0.39 is 0 Å². The van der Waals surface area contributed by atoms with Crippen LogP contribution < -0.4 is 10.5 Å². The van der Waals surface area contributed by atoms with Crippen LogP contribution >= 0.6 is 11.3 Å². The van der Waals surface area contributed by atoms with E-state index in [0.29, 0.717) is 4.70 Å². The Morgan fingerprint density at radius 2 is 1.88 bits per heavy atom. The molecule has 0 spiro atoms. The number of nitrogens with zero attached hydrogens (tertiary/aromatic N) is 4. The van der Waals surface area contributed by atoms with E-state index in [1.807, 2.05) is 56.3 Å². The summed E-state index contributed by atoms with van der Waals surface area (Å²) in [6.45, 7) is 2.02. The Morgan fingerprint density at radius 3 is 2.58 bits per heavy atom. The highest BCUT2D eigenvalue weighted by molar-refractivity contribution is 7.25. The van der Waals surface area contributed by atoms with Gasteiger partial charge in [-0.15, -0.1) is 11.3 Å². The highest BCUT2D eigenvalue weighted by Crippen LogP contribution is 2.35. The Balaban J connectivity index is 2.04. The van der Waals surface area contributed by atoms with E-state index in [2.05, 4.69) is 10.1 Å². The van der Waals surface area contributed by atoms with Crippen molar-refractivity contribution in [1.82, 2.24) is 14.8 Å². The summed E-state index contributed by atoms with van der Waals surface area (Å²) >= 11 is 1.42. The maximum absolute atomic E-state index is 12.9. The van der Waals surface area contributed by atoms with Crippen molar-refractivity contribution in [3.8, 4) is 5.69 Å². The van der Waals surface area contributed by atoms with E-state index in [0.717, 1.165) is 32.5 Å². The fourth-order valence-electron chi connectivity index (χ4n) is 2.82. The van der Waals surface area contributed by atoms with E-state index in [4.69, 9.17) is 0 Å². The number of pyridine rings is 1. The summed E-state index contributed by atoms with van der Waals surface area (Å²) in [6, 6.07) is 9.73. The van der Waals surface area contributed by atoms with E-state index in [1.165, 1.54) is 16.0 Å². The fourth-order valence-corrected chi connectivity index (χ4v) is 3.88. The van der Waals surface area contributed by atoms with Crippen molar-refractivity contribution < 1.29 is 0 Å². The average molecular weight is 336 g/mol. The summed E-state index contributed by atoms with van der Waals surface area (Å²) in [5.74, 6) is 0. The van der Waals surface area contributed by atoms with Crippen LogP contribution in [0.25, 0.3) is 26.0 Å². The van der Waals surface area contributed by atoms with Gasteiger partial charge in [0.25, 0.3) is 5.56 Å². The normalized spacial score (nSPS) is 11.3. The Bertz CT molecular complexity index is 1110. The molecule has 120 valence electrons. The van der Waals surface area contributed by atoms with Gasteiger partial charge in [0, 0.05) is 36.8 Å². The molecular formula is C18H16N4OS. The molecule has 0 saturated carbocycles. The predicted octanol–water partition coefficient (Wildman–Crippen LogP) is 3.37. The van der Waals surface area contributed by atoms with Gasteiger partial charge in [-0.25, -0.2) is 4.98 Å². The molecule has 0 unspecified atom stereocenters. The summed E-state index contributed by atoms with van der Waals surface area (Å²) < 4.78 is 2.13. The smallest absolute Gasteiger partial charge is 0.289 e. The van der Waals surface area contributed by atoms with Gasteiger partial charge in [-0.1, -0.05) is 17.7 Å². The van der Waals surface area contributed by atoms with Crippen LogP contribution in [0.5, 0.6) is 0 Å². The number of hydrogen-bond donors (Lipinski definition) is 0. The molecule has 0 radical (unpaired) electrons. The minimum absolute atomic E-state index is 0.107. The quantitative estimate of drug-likeness (QED) is 0.563. The van der Waals surface area contributed by atoms with Gasteiger partial charge in [0.05, 0.1) is 11.9 Å². The molecule has 0 aliphatic carbocycles. The molecule has 1 aromatic carbocycles. The van der Waals surface area contributed by atoms with E-state index >= 15 is 0 Å². The second kappa shape index (κ2) is 5.42. The zero-order valence-corrected chi connectivity index (χ0v) is 14.5. The fraction of sp³-hybridized carbons (Fsp3) is 0.167. The van der Waals surface area contributed by atoms with E-state index in [9.17, 15) is 4.79 Å². The molecule has 0 fully saturated rings. The molecule has 4 rings (SSSR count). The molecule has 3 heterocycles. The van der Waals surface area contributed by atoms with Gasteiger partial charge in [-0.05, 0) is 25.1 Å². The Hall–Kier alpha value is -2.73. The zero-order chi connectivity index (χ0) is 16.8. The van der Waals surface area contributed by atoms with Crippen molar-refractivity contribution in [3.05, 3.63) is 58.6 Å². The van der Waals surface area contributed by atoms with Gasteiger partial charge in [-0.2, -0.15) is 9.78 Å². The summed E-state index contributed by atoms with van der Waals surface area (Å²) in [5.41, 5.74) is 2.85. The number of fused-ring (bicyclic) bond motifs is 3. The van der Waals surface area contributed by atoms with Crippen molar-refractivity contribution in [2.45, 2.75) is 6.92 Å². The first-order valence-corrected chi connectivity index (χ1v) is 8.42. The van der Waals surface area contributed by atoms with Gasteiger partial charge in [0.15, 0.2) is 0 Å². The number of anilines is 1. The molecule has 4 aromatic rings. The lowest BCUT2D eigenvalue weighted by atomic mass is 10.2. The topological polar surface area (TPSA) is 51.0 Å². The summed E-state index contributed by atoms with van der Waals surface area (Å²) in [4.78, 5) is 20.3. The maximum Gasteiger partial charge on any atom is 0.289 e. The molecule has 24 heavy (non-hydrogen) atoms. The number of benzene rings is 1. The van der Waals surface area contributed by atoms with Crippen LogP contribution in [-0.4, -0.2) is 28.9 Å². The molecule has 0 aliphatic rings. The third-order valence-corrected chi connectivity index (χ3v) is 5.16. The molecule has 0 atom stereocenters. The second-order valence-corrected chi connectivity index (χ2v) is 6.95. The molecule has 3 aromatic heterocycles. The number of aromatic nitrogens is 3. The molecule has 0 N–H and O–H groups in total. The lowest BCUT2D eigenvalue weighted by Gasteiger charge is -2.13. The van der Waals surface area contributed by atoms with Crippen LogP contribution in [0, 0.1) is 6.92 Å². The van der Waals surface area contributed by atoms with Gasteiger partial charge in [-0.3, -0.25) is 4.79 Å². The number of rotatable bonds is 2. The van der Waals surface area contributed by atoms with Crippen molar-refractivity contribution in [2.24, 2.45) is 0 Å². The lowest BCUT2D eigenvalue weighted by molar-refractivity contribution is 0.823. The SMILES string of the molecule is Cc1ccc(-n2ncc3c(sc4nccc(N(C)C)c43)c2=O)cc1.